The maximum Gasteiger partial charge on any atom is 0.354 e. The number of aliphatic carboxylic acids is 1. The Hall–Kier alpha value is -1.06. The minimum Gasteiger partial charge on any atom is -0.477 e. The van der Waals surface area contributed by atoms with Crippen LogP contribution in [0.3, 0.4) is 0 Å². The molecule has 2 rings (SSSR count). The summed E-state index contributed by atoms with van der Waals surface area (Å²) in [6.45, 7) is 0. The molecule has 0 aromatic heterocycles. The van der Waals surface area contributed by atoms with Crippen LogP contribution in [0.4, 0.5) is 0 Å². The van der Waals surface area contributed by atoms with Crippen molar-refractivity contribution in [3.8, 4) is 0 Å². The van der Waals surface area contributed by atoms with Gasteiger partial charge >= 0.3 is 5.97 Å². The number of carbonyl (C=O) groups is 1. The molecule has 0 radical (unpaired) electrons. The molecule has 1 aliphatic heterocycles. The third-order valence-corrected chi connectivity index (χ3v) is 2.81. The lowest BCUT2D eigenvalue weighted by Gasteiger charge is -2.12. The van der Waals surface area contributed by atoms with Crippen LogP contribution < -0.4 is 0 Å². The molecular weight excluding hydrogens is 170 g/mol. The highest BCUT2D eigenvalue weighted by atomic mass is 16.6. The van der Waals surface area contributed by atoms with Crippen LogP contribution in [0, 0.1) is 5.92 Å². The Balaban J connectivity index is 2.12. The Morgan fingerprint density at radius 2 is 2.15 bits per heavy atom. The fourth-order valence-electron chi connectivity index (χ4n) is 2.10. The molecule has 0 unspecified atom stereocenters. The van der Waals surface area contributed by atoms with E-state index in [1.165, 1.54) is 6.42 Å². The van der Waals surface area contributed by atoms with Crippen LogP contribution in [0.2, 0.25) is 0 Å². The summed E-state index contributed by atoms with van der Waals surface area (Å²) in [5, 5.41) is 12.5. The van der Waals surface area contributed by atoms with Crippen LogP contribution in [0.5, 0.6) is 0 Å². The first-order chi connectivity index (χ1) is 6.29. The second kappa shape index (κ2) is 3.36. The second-order valence-corrected chi connectivity index (χ2v) is 3.67. The van der Waals surface area contributed by atoms with Gasteiger partial charge in [0.25, 0.3) is 0 Å². The summed E-state index contributed by atoms with van der Waals surface area (Å²) in [5.41, 5.74) is 0.229. The Labute approximate surface area is 76.6 Å². The molecule has 1 N–H and O–H groups in total. The first-order valence-electron chi connectivity index (χ1n) is 4.76. The highest BCUT2D eigenvalue weighted by Gasteiger charge is 2.38. The average Bonchev–Trinajstić information content (AvgIpc) is 2.36. The van der Waals surface area contributed by atoms with Gasteiger partial charge in [-0.1, -0.05) is 18.0 Å². The Bertz CT molecular complexity index is 249. The maximum atomic E-state index is 10.8. The molecule has 0 aromatic rings. The van der Waals surface area contributed by atoms with Crippen molar-refractivity contribution in [2.75, 3.05) is 0 Å². The highest BCUT2D eigenvalue weighted by molar-refractivity contribution is 6.36. The van der Waals surface area contributed by atoms with Gasteiger partial charge in [-0.25, -0.2) is 4.79 Å². The summed E-state index contributed by atoms with van der Waals surface area (Å²) in [5.74, 6) is -0.880. The summed E-state index contributed by atoms with van der Waals surface area (Å²) in [4.78, 5) is 15.9. The number of oxime groups is 1. The molecule has 1 saturated carbocycles. The van der Waals surface area contributed by atoms with Gasteiger partial charge in [0.2, 0.25) is 0 Å². The molecule has 4 nitrogen and oxygen atoms in total. The van der Waals surface area contributed by atoms with E-state index in [4.69, 9.17) is 9.94 Å². The molecule has 2 aliphatic rings. The number of hydrogen-bond donors (Lipinski definition) is 1. The fraction of sp³-hybridized carbons (Fsp3) is 0.778. The van der Waals surface area contributed by atoms with Crippen molar-refractivity contribution in [2.45, 2.75) is 38.2 Å². The van der Waals surface area contributed by atoms with E-state index in [9.17, 15) is 4.79 Å². The SMILES string of the molecule is O=C(O)C1=NO[C@H]2CCCCC[C@@H]12. The van der Waals surface area contributed by atoms with Crippen molar-refractivity contribution in [3.63, 3.8) is 0 Å². The fourth-order valence-corrected chi connectivity index (χ4v) is 2.10. The summed E-state index contributed by atoms with van der Waals surface area (Å²) >= 11 is 0. The number of carboxylic acids is 1. The van der Waals surface area contributed by atoms with E-state index in [1.807, 2.05) is 0 Å². The largest absolute Gasteiger partial charge is 0.477 e. The monoisotopic (exact) mass is 183 g/mol. The van der Waals surface area contributed by atoms with E-state index in [0.717, 1.165) is 25.7 Å². The zero-order valence-corrected chi connectivity index (χ0v) is 7.40. The minimum absolute atomic E-state index is 0.0357. The van der Waals surface area contributed by atoms with Gasteiger partial charge in [0, 0.05) is 0 Å². The van der Waals surface area contributed by atoms with Crippen LogP contribution in [-0.2, 0) is 9.63 Å². The molecule has 0 amide bonds. The van der Waals surface area contributed by atoms with E-state index in [0.29, 0.717) is 0 Å². The minimum atomic E-state index is -0.922. The lowest BCUT2D eigenvalue weighted by atomic mass is 9.93. The lowest BCUT2D eigenvalue weighted by Crippen LogP contribution is -2.27. The third-order valence-electron chi connectivity index (χ3n) is 2.81. The van der Waals surface area contributed by atoms with Crippen molar-refractivity contribution >= 4 is 11.7 Å². The van der Waals surface area contributed by atoms with Crippen LogP contribution in [0.25, 0.3) is 0 Å². The van der Waals surface area contributed by atoms with Crippen LogP contribution >= 0.6 is 0 Å². The Morgan fingerprint density at radius 1 is 1.38 bits per heavy atom. The summed E-state index contributed by atoms with van der Waals surface area (Å²) in [7, 11) is 0. The first kappa shape index (κ1) is 8.53. The van der Waals surface area contributed by atoms with Gasteiger partial charge in [-0.05, 0) is 19.3 Å². The van der Waals surface area contributed by atoms with E-state index in [2.05, 4.69) is 5.16 Å². The van der Waals surface area contributed by atoms with Crippen molar-refractivity contribution in [1.82, 2.24) is 0 Å². The molecule has 13 heavy (non-hydrogen) atoms. The van der Waals surface area contributed by atoms with Gasteiger partial charge in [-0.15, -0.1) is 0 Å². The standard InChI is InChI=1S/C9H13NO3/c11-9(12)8-6-4-2-1-3-5-7(6)13-10-8/h6-7H,1-5H2,(H,11,12)/t6-,7+/m1/s1. The van der Waals surface area contributed by atoms with Gasteiger partial charge in [0.05, 0.1) is 5.92 Å². The van der Waals surface area contributed by atoms with Gasteiger partial charge in [-0.3, -0.25) is 0 Å². The van der Waals surface area contributed by atoms with Crippen molar-refractivity contribution in [2.24, 2.45) is 11.1 Å². The van der Waals surface area contributed by atoms with Crippen LogP contribution in [0.15, 0.2) is 5.16 Å². The molecule has 2 atom stereocenters. The first-order valence-corrected chi connectivity index (χ1v) is 4.76. The lowest BCUT2D eigenvalue weighted by molar-refractivity contribution is -0.129. The molecule has 0 spiro atoms. The Kier molecular flexibility index (Phi) is 2.20. The quantitative estimate of drug-likeness (QED) is 0.668. The normalized spacial score (nSPS) is 32.8. The van der Waals surface area contributed by atoms with E-state index in [1.54, 1.807) is 0 Å². The molecule has 1 heterocycles. The zero-order valence-electron chi connectivity index (χ0n) is 7.40. The van der Waals surface area contributed by atoms with Gasteiger partial charge in [-0.2, -0.15) is 0 Å². The topological polar surface area (TPSA) is 58.9 Å². The average molecular weight is 183 g/mol. The molecule has 1 fully saturated rings. The number of carboxylic acid groups (broad SMARTS) is 1. The summed E-state index contributed by atoms with van der Waals surface area (Å²) in [6.07, 6.45) is 5.30. The van der Waals surface area contributed by atoms with E-state index in [-0.39, 0.29) is 17.7 Å². The van der Waals surface area contributed by atoms with Crippen LogP contribution in [0.1, 0.15) is 32.1 Å². The second-order valence-electron chi connectivity index (χ2n) is 3.67. The number of fused-ring (bicyclic) bond motifs is 1. The predicted octanol–water partition coefficient (Wildman–Crippen LogP) is 1.41. The van der Waals surface area contributed by atoms with Gasteiger partial charge in [0.1, 0.15) is 6.10 Å². The molecule has 0 aromatic carbocycles. The number of rotatable bonds is 1. The Morgan fingerprint density at radius 3 is 2.92 bits per heavy atom. The maximum absolute atomic E-state index is 10.8. The molecular formula is C9H13NO3. The summed E-state index contributed by atoms with van der Waals surface area (Å²) < 4.78 is 0. The van der Waals surface area contributed by atoms with Crippen LogP contribution in [-0.4, -0.2) is 22.9 Å². The van der Waals surface area contributed by atoms with Gasteiger partial charge in [0.15, 0.2) is 5.71 Å². The highest BCUT2D eigenvalue weighted by Crippen LogP contribution is 2.31. The molecule has 0 bridgehead atoms. The zero-order chi connectivity index (χ0) is 9.26. The molecule has 4 heteroatoms. The van der Waals surface area contributed by atoms with Crippen molar-refractivity contribution < 1.29 is 14.7 Å². The third kappa shape index (κ3) is 1.53. The predicted molar refractivity (Wildman–Crippen MR) is 46.5 cm³/mol. The molecule has 72 valence electrons. The van der Waals surface area contributed by atoms with Gasteiger partial charge < -0.3 is 9.94 Å². The number of nitrogens with zero attached hydrogens (tertiary/aromatic N) is 1. The smallest absolute Gasteiger partial charge is 0.354 e. The summed E-state index contributed by atoms with van der Waals surface area (Å²) in [6, 6.07) is 0. The van der Waals surface area contributed by atoms with Crippen molar-refractivity contribution in [3.05, 3.63) is 0 Å². The van der Waals surface area contributed by atoms with Crippen molar-refractivity contribution in [1.29, 1.82) is 0 Å². The molecule has 0 saturated heterocycles. The number of hydrogen-bond acceptors (Lipinski definition) is 3. The van der Waals surface area contributed by atoms with E-state index < -0.39 is 5.97 Å². The molecule has 1 aliphatic carbocycles. The van der Waals surface area contributed by atoms with E-state index >= 15 is 0 Å².